The van der Waals surface area contributed by atoms with Crippen molar-refractivity contribution in [2.24, 2.45) is 0 Å². The van der Waals surface area contributed by atoms with E-state index in [-0.39, 0.29) is 12.1 Å². The van der Waals surface area contributed by atoms with E-state index in [4.69, 9.17) is 14.2 Å². The number of nitrogens with zero attached hydrogens (tertiary/aromatic N) is 1. The Labute approximate surface area is 207 Å². The average molecular weight is 476 g/mol. The van der Waals surface area contributed by atoms with Crippen LogP contribution < -0.4 is 24.8 Å². The quantitative estimate of drug-likeness (QED) is 0.483. The first-order valence-corrected chi connectivity index (χ1v) is 11.7. The van der Waals surface area contributed by atoms with Crippen LogP contribution in [0.3, 0.4) is 0 Å². The molecular formula is C28H33N3O4. The molecule has 0 spiro atoms. The highest BCUT2D eigenvalue weighted by Gasteiger charge is 2.29. The van der Waals surface area contributed by atoms with Gasteiger partial charge < -0.3 is 24.8 Å². The van der Waals surface area contributed by atoms with E-state index in [1.807, 2.05) is 49.4 Å². The van der Waals surface area contributed by atoms with E-state index < -0.39 is 0 Å². The Morgan fingerprint density at radius 1 is 0.943 bits per heavy atom. The van der Waals surface area contributed by atoms with Gasteiger partial charge in [0.15, 0.2) is 11.5 Å². The fourth-order valence-electron chi connectivity index (χ4n) is 4.48. The van der Waals surface area contributed by atoms with Gasteiger partial charge in [-0.05, 0) is 66.4 Å². The smallest absolute Gasteiger partial charge is 0.319 e. The third-order valence-corrected chi connectivity index (χ3v) is 6.42. The number of methoxy groups -OCH3 is 3. The lowest BCUT2D eigenvalue weighted by atomic mass is 9.91. The summed E-state index contributed by atoms with van der Waals surface area (Å²) < 4.78 is 16.4. The molecule has 1 aliphatic heterocycles. The molecule has 2 amide bonds. The van der Waals surface area contributed by atoms with Gasteiger partial charge in [0, 0.05) is 25.3 Å². The second-order valence-electron chi connectivity index (χ2n) is 8.69. The molecular weight excluding hydrogens is 442 g/mol. The molecule has 0 saturated carbocycles. The Balaban J connectivity index is 1.56. The van der Waals surface area contributed by atoms with Crippen molar-refractivity contribution in [2.45, 2.75) is 25.9 Å². The van der Waals surface area contributed by atoms with Crippen molar-refractivity contribution in [3.8, 4) is 17.2 Å². The van der Waals surface area contributed by atoms with Crippen LogP contribution in [-0.2, 0) is 13.0 Å². The minimum absolute atomic E-state index is 0.0237. The Bertz CT molecular complexity index is 1150. The van der Waals surface area contributed by atoms with Crippen LogP contribution in [0.2, 0.25) is 0 Å². The highest BCUT2D eigenvalue weighted by Crippen LogP contribution is 2.38. The topological polar surface area (TPSA) is 72.1 Å². The number of hydrogen-bond donors (Lipinski definition) is 2. The maximum Gasteiger partial charge on any atom is 0.319 e. The van der Waals surface area contributed by atoms with Gasteiger partial charge in [0.1, 0.15) is 5.75 Å². The molecule has 7 heteroatoms. The van der Waals surface area contributed by atoms with E-state index in [0.717, 1.165) is 47.8 Å². The number of urea groups is 1. The van der Waals surface area contributed by atoms with Crippen molar-refractivity contribution in [1.82, 2.24) is 10.2 Å². The molecule has 0 unspecified atom stereocenters. The zero-order valence-corrected chi connectivity index (χ0v) is 20.8. The maximum atomic E-state index is 12.7. The minimum Gasteiger partial charge on any atom is -0.497 e. The Morgan fingerprint density at radius 3 is 2.29 bits per heavy atom. The fourth-order valence-corrected chi connectivity index (χ4v) is 4.48. The summed E-state index contributed by atoms with van der Waals surface area (Å²) in [5.41, 5.74) is 5.44. The first-order chi connectivity index (χ1) is 17.0. The summed E-state index contributed by atoms with van der Waals surface area (Å²) in [5, 5.41) is 6.00. The molecule has 1 aliphatic rings. The number of carbonyl (C=O) groups is 1. The number of amides is 2. The van der Waals surface area contributed by atoms with Gasteiger partial charge in [-0.3, -0.25) is 4.90 Å². The molecule has 3 aromatic carbocycles. The predicted octanol–water partition coefficient (Wildman–Crippen LogP) is 4.94. The minimum atomic E-state index is -0.231. The van der Waals surface area contributed by atoms with E-state index in [9.17, 15) is 4.79 Å². The summed E-state index contributed by atoms with van der Waals surface area (Å²) in [7, 11) is 4.96. The predicted molar refractivity (Wildman–Crippen MR) is 138 cm³/mol. The standard InChI is InChI=1S/C28H33N3O4/c1-19-5-9-22(10-6-19)30-28(32)29-17-25-24-16-27(35-4)26(34-3)15-21(24)13-14-31(25)18-20-7-11-23(33-2)12-8-20/h5-12,15-16,25H,13-14,17-18H2,1-4H3,(H2,29,30,32)/t25-/m1/s1. The van der Waals surface area contributed by atoms with Gasteiger partial charge in [0.05, 0.1) is 27.4 Å². The molecule has 0 aliphatic carbocycles. The number of anilines is 1. The van der Waals surface area contributed by atoms with Gasteiger partial charge in [0.2, 0.25) is 0 Å². The van der Waals surface area contributed by atoms with Crippen LogP contribution in [0.1, 0.15) is 28.3 Å². The summed E-state index contributed by atoms with van der Waals surface area (Å²) in [6.45, 7) is 4.09. The van der Waals surface area contributed by atoms with E-state index in [1.165, 1.54) is 11.1 Å². The van der Waals surface area contributed by atoms with Crippen LogP contribution in [0.25, 0.3) is 0 Å². The molecule has 2 N–H and O–H groups in total. The van der Waals surface area contributed by atoms with Crippen molar-refractivity contribution < 1.29 is 19.0 Å². The van der Waals surface area contributed by atoms with Crippen LogP contribution in [0.4, 0.5) is 10.5 Å². The Morgan fingerprint density at radius 2 is 1.63 bits per heavy atom. The zero-order chi connectivity index (χ0) is 24.8. The van der Waals surface area contributed by atoms with Crippen LogP contribution in [0, 0.1) is 6.92 Å². The molecule has 7 nitrogen and oxygen atoms in total. The first-order valence-electron chi connectivity index (χ1n) is 11.7. The summed E-state index contributed by atoms with van der Waals surface area (Å²) in [6, 6.07) is 19.7. The Hall–Kier alpha value is -3.71. The summed E-state index contributed by atoms with van der Waals surface area (Å²) in [5.74, 6) is 2.24. The van der Waals surface area contributed by atoms with Crippen LogP contribution >= 0.6 is 0 Å². The van der Waals surface area contributed by atoms with E-state index >= 15 is 0 Å². The van der Waals surface area contributed by atoms with Crippen LogP contribution in [0.5, 0.6) is 17.2 Å². The van der Waals surface area contributed by atoms with Gasteiger partial charge in [-0.15, -0.1) is 0 Å². The molecule has 0 radical (unpaired) electrons. The number of ether oxygens (including phenoxy) is 3. The average Bonchev–Trinajstić information content (AvgIpc) is 2.88. The molecule has 0 bridgehead atoms. The lowest BCUT2D eigenvalue weighted by Gasteiger charge is -2.38. The zero-order valence-electron chi connectivity index (χ0n) is 20.8. The van der Waals surface area contributed by atoms with Crippen LogP contribution in [0.15, 0.2) is 60.7 Å². The van der Waals surface area contributed by atoms with Crippen molar-refractivity contribution in [1.29, 1.82) is 0 Å². The maximum absolute atomic E-state index is 12.7. The number of hydrogen-bond acceptors (Lipinski definition) is 5. The van der Waals surface area contributed by atoms with Gasteiger partial charge in [-0.2, -0.15) is 0 Å². The number of fused-ring (bicyclic) bond motifs is 1. The molecule has 1 heterocycles. The third-order valence-electron chi connectivity index (χ3n) is 6.42. The molecule has 1 atom stereocenters. The van der Waals surface area contributed by atoms with Gasteiger partial charge >= 0.3 is 6.03 Å². The largest absolute Gasteiger partial charge is 0.497 e. The van der Waals surface area contributed by atoms with Crippen molar-refractivity contribution in [3.63, 3.8) is 0 Å². The number of rotatable bonds is 8. The second kappa shape index (κ2) is 11.1. The number of aryl methyl sites for hydroxylation is 1. The van der Waals surface area contributed by atoms with Crippen molar-refractivity contribution in [2.75, 3.05) is 39.7 Å². The summed E-state index contributed by atoms with van der Waals surface area (Å²) in [6.07, 6.45) is 0.887. The van der Waals surface area contributed by atoms with Crippen LogP contribution in [-0.4, -0.2) is 45.3 Å². The van der Waals surface area contributed by atoms with Gasteiger partial charge in [0.25, 0.3) is 0 Å². The first kappa shape index (κ1) is 24.4. The number of benzene rings is 3. The molecule has 0 fully saturated rings. The highest BCUT2D eigenvalue weighted by molar-refractivity contribution is 5.89. The van der Waals surface area contributed by atoms with E-state index in [0.29, 0.717) is 12.3 Å². The SMILES string of the molecule is COc1ccc(CN2CCc3cc(OC)c(OC)cc3[C@H]2CNC(=O)Nc2ccc(C)cc2)cc1. The highest BCUT2D eigenvalue weighted by atomic mass is 16.5. The van der Waals surface area contributed by atoms with E-state index in [1.54, 1.807) is 21.3 Å². The third kappa shape index (κ3) is 5.87. The monoisotopic (exact) mass is 475 g/mol. The van der Waals surface area contributed by atoms with Crippen molar-refractivity contribution in [3.05, 3.63) is 82.9 Å². The second-order valence-corrected chi connectivity index (χ2v) is 8.69. The molecule has 35 heavy (non-hydrogen) atoms. The van der Waals surface area contributed by atoms with Gasteiger partial charge in [-0.1, -0.05) is 29.8 Å². The number of nitrogens with one attached hydrogen (secondary N) is 2. The molecule has 0 saturated heterocycles. The van der Waals surface area contributed by atoms with Gasteiger partial charge in [-0.25, -0.2) is 4.79 Å². The summed E-state index contributed by atoms with van der Waals surface area (Å²) in [4.78, 5) is 15.1. The molecule has 3 aromatic rings. The lowest BCUT2D eigenvalue weighted by Crippen LogP contribution is -2.42. The molecule has 4 rings (SSSR count). The summed E-state index contributed by atoms with van der Waals surface area (Å²) >= 11 is 0. The number of carbonyl (C=O) groups excluding carboxylic acids is 1. The van der Waals surface area contributed by atoms with Crippen molar-refractivity contribution >= 4 is 11.7 Å². The van der Waals surface area contributed by atoms with E-state index in [2.05, 4.69) is 33.7 Å². The normalized spacial score (nSPS) is 15.1. The molecule has 0 aromatic heterocycles. The Kier molecular flexibility index (Phi) is 7.77. The lowest BCUT2D eigenvalue weighted by molar-refractivity contribution is 0.172. The molecule has 184 valence electrons. The fraction of sp³-hybridized carbons (Fsp3) is 0.321.